The van der Waals surface area contributed by atoms with Crippen molar-refractivity contribution in [2.24, 2.45) is 0 Å². The molecule has 2 aromatic rings. The second kappa shape index (κ2) is 9.85. The number of carbonyl (C=O) groups excluding carboxylic acids is 1. The third-order valence-corrected chi connectivity index (χ3v) is 5.88. The number of anilines is 1. The van der Waals surface area contributed by atoms with Crippen molar-refractivity contribution in [3.63, 3.8) is 0 Å². The molecule has 0 atom stereocenters. The summed E-state index contributed by atoms with van der Waals surface area (Å²) in [6.07, 6.45) is 3.59. The predicted octanol–water partition coefficient (Wildman–Crippen LogP) is 3.14. The minimum Gasteiger partial charge on any atom is -0.475 e. The number of pyridine rings is 2. The predicted molar refractivity (Wildman–Crippen MR) is 111 cm³/mol. The molecule has 4 heterocycles. The molecule has 11 heteroatoms. The molecule has 8 nitrogen and oxygen atoms in total. The molecule has 0 saturated carbocycles. The molecule has 4 rings (SSSR count). The topological polar surface area (TPSA) is 110 Å². The molecule has 2 aliphatic rings. The fourth-order valence-electron chi connectivity index (χ4n) is 4.12. The molecule has 174 valence electrons. The fraction of sp³-hybridized carbons (Fsp3) is 0.409. The zero-order valence-electron chi connectivity index (χ0n) is 17.6. The van der Waals surface area contributed by atoms with E-state index in [9.17, 15) is 18.0 Å². The van der Waals surface area contributed by atoms with Crippen LogP contribution in [-0.4, -0.2) is 56.7 Å². The number of likely N-dealkylation sites (tertiary alicyclic amines) is 1. The molecule has 0 aliphatic carbocycles. The first-order chi connectivity index (χ1) is 15.6. The van der Waals surface area contributed by atoms with Crippen molar-refractivity contribution in [3.05, 3.63) is 54.0 Å². The molecule has 1 amide bonds. The fourth-order valence-corrected chi connectivity index (χ4v) is 4.12. The van der Waals surface area contributed by atoms with Crippen LogP contribution in [0.1, 0.15) is 36.8 Å². The van der Waals surface area contributed by atoms with Crippen molar-refractivity contribution in [2.75, 3.05) is 18.0 Å². The highest BCUT2D eigenvalue weighted by atomic mass is 19.4. The normalized spacial score (nSPS) is 17.3. The van der Waals surface area contributed by atoms with Gasteiger partial charge in [-0.3, -0.25) is 9.78 Å². The average molecular weight is 461 g/mol. The van der Waals surface area contributed by atoms with Gasteiger partial charge in [-0.25, -0.2) is 9.78 Å². The molecule has 33 heavy (non-hydrogen) atoms. The minimum absolute atomic E-state index is 0.0456. The van der Waals surface area contributed by atoms with Crippen LogP contribution in [-0.2, 0) is 16.1 Å². The van der Waals surface area contributed by atoms with Crippen LogP contribution in [0.4, 0.5) is 19.0 Å². The number of aliphatic carboxylic acids is 1. The third-order valence-electron chi connectivity index (χ3n) is 5.88. The van der Waals surface area contributed by atoms with Gasteiger partial charge >= 0.3 is 12.1 Å². The number of nitriles is 1. The Bertz CT molecular complexity index is 1010. The summed E-state index contributed by atoms with van der Waals surface area (Å²) in [6, 6.07) is 9.76. The van der Waals surface area contributed by atoms with Crippen LogP contribution >= 0.6 is 0 Å². The smallest absolute Gasteiger partial charge is 0.475 e. The molecule has 2 aliphatic heterocycles. The number of nitrogens with zero attached hydrogens (tertiary/aromatic N) is 5. The lowest BCUT2D eigenvalue weighted by Crippen LogP contribution is -2.53. The van der Waals surface area contributed by atoms with Gasteiger partial charge in [0.15, 0.2) is 0 Å². The summed E-state index contributed by atoms with van der Waals surface area (Å²) >= 11 is 0. The van der Waals surface area contributed by atoms with Gasteiger partial charge in [0.25, 0.3) is 0 Å². The van der Waals surface area contributed by atoms with Crippen LogP contribution in [0.25, 0.3) is 0 Å². The SMILES string of the molecule is N#Cc1ccc(N2CCC3(CCC(=O)N3Cc3cccnc3)CC2)nc1.O=C(O)C(F)(F)F. The molecule has 2 aromatic heterocycles. The number of piperidine rings is 1. The maximum Gasteiger partial charge on any atom is 0.490 e. The van der Waals surface area contributed by atoms with Crippen LogP contribution in [0.5, 0.6) is 0 Å². The molecule has 0 bridgehead atoms. The Labute approximate surface area is 188 Å². The standard InChI is InChI=1S/C20H21N5O.C2HF3O2/c21-12-16-3-4-18(23-14-16)24-10-7-20(8-11-24)6-5-19(26)25(20)15-17-2-1-9-22-13-17;3-2(4,5)1(6)7/h1-4,9,13-14H,5-8,10-11,15H2;(H,6,7). The van der Waals surface area contributed by atoms with Crippen molar-refractivity contribution in [1.82, 2.24) is 14.9 Å². The Morgan fingerprint density at radius 3 is 2.39 bits per heavy atom. The number of carboxylic acids is 1. The van der Waals surface area contributed by atoms with Gasteiger partial charge in [0, 0.05) is 50.2 Å². The van der Waals surface area contributed by atoms with E-state index in [4.69, 9.17) is 15.2 Å². The number of hydrogen-bond acceptors (Lipinski definition) is 6. The van der Waals surface area contributed by atoms with Crippen LogP contribution in [0.3, 0.4) is 0 Å². The highest BCUT2D eigenvalue weighted by Crippen LogP contribution is 2.40. The Morgan fingerprint density at radius 2 is 1.88 bits per heavy atom. The van der Waals surface area contributed by atoms with Gasteiger partial charge < -0.3 is 14.9 Å². The van der Waals surface area contributed by atoms with Gasteiger partial charge in [-0.05, 0) is 43.0 Å². The van der Waals surface area contributed by atoms with Crippen LogP contribution < -0.4 is 4.90 Å². The number of aromatic nitrogens is 2. The van der Waals surface area contributed by atoms with Crippen molar-refractivity contribution >= 4 is 17.7 Å². The van der Waals surface area contributed by atoms with Crippen LogP contribution in [0.15, 0.2) is 42.9 Å². The Hall–Kier alpha value is -3.68. The summed E-state index contributed by atoms with van der Waals surface area (Å²) in [5.41, 5.74) is 1.61. The van der Waals surface area contributed by atoms with E-state index in [0.717, 1.165) is 43.7 Å². The first-order valence-corrected chi connectivity index (χ1v) is 10.3. The summed E-state index contributed by atoms with van der Waals surface area (Å²) in [5.74, 6) is -1.60. The molecule has 2 fully saturated rings. The summed E-state index contributed by atoms with van der Waals surface area (Å²) < 4.78 is 31.7. The lowest BCUT2D eigenvalue weighted by atomic mass is 9.84. The highest BCUT2D eigenvalue weighted by molar-refractivity contribution is 5.80. The number of rotatable bonds is 3. The third kappa shape index (κ3) is 5.77. The first-order valence-electron chi connectivity index (χ1n) is 10.3. The maximum atomic E-state index is 12.5. The molecular formula is C22H22F3N5O3. The van der Waals surface area contributed by atoms with Gasteiger partial charge in [0.2, 0.25) is 5.91 Å². The number of carbonyl (C=O) groups is 2. The number of halogens is 3. The summed E-state index contributed by atoms with van der Waals surface area (Å²) in [6.45, 7) is 2.38. The largest absolute Gasteiger partial charge is 0.490 e. The van der Waals surface area contributed by atoms with E-state index in [1.54, 1.807) is 18.5 Å². The second-order valence-electron chi connectivity index (χ2n) is 7.87. The Morgan fingerprint density at radius 1 is 1.18 bits per heavy atom. The van der Waals surface area contributed by atoms with E-state index in [0.29, 0.717) is 18.5 Å². The van der Waals surface area contributed by atoms with Gasteiger partial charge in [-0.15, -0.1) is 0 Å². The first kappa shape index (κ1) is 24.0. The Kier molecular flexibility index (Phi) is 7.16. The highest BCUT2D eigenvalue weighted by Gasteiger charge is 2.46. The second-order valence-corrected chi connectivity index (χ2v) is 7.87. The van der Waals surface area contributed by atoms with E-state index in [1.165, 1.54) is 0 Å². The number of hydrogen-bond donors (Lipinski definition) is 1. The van der Waals surface area contributed by atoms with Crippen molar-refractivity contribution in [2.45, 2.75) is 43.9 Å². The Balaban J connectivity index is 0.000000383. The van der Waals surface area contributed by atoms with Crippen molar-refractivity contribution in [1.29, 1.82) is 5.26 Å². The molecule has 1 spiro atoms. The zero-order valence-corrected chi connectivity index (χ0v) is 17.6. The maximum absolute atomic E-state index is 12.5. The van der Waals surface area contributed by atoms with E-state index in [1.807, 2.05) is 24.4 Å². The average Bonchev–Trinajstić information content (AvgIpc) is 3.10. The van der Waals surface area contributed by atoms with E-state index >= 15 is 0 Å². The molecule has 0 aromatic carbocycles. The number of alkyl halides is 3. The summed E-state index contributed by atoms with van der Waals surface area (Å²) in [7, 11) is 0. The molecule has 2 saturated heterocycles. The van der Waals surface area contributed by atoms with Crippen LogP contribution in [0, 0.1) is 11.3 Å². The lowest BCUT2D eigenvalue weighted by molar-refractivity contribution is -0.192. The zero-order chi connectivity index (χ0) is 24.1. The number of amides is 1. The quantitative estimate of drug-likeness (QED) is 0.748. The van der Waals surface area contributed by atoms with Crippen molar-refractivity contribution < 1.29 is 27.9 Å². The van der Waals surface area contributed by atoms with Gasteiger partial charge in [-0.1, -0.05) is 6.07 Å². The molecule has 0 unspecified atom stereocenters. The summed E-state index contributed by atoms with van der Waals surface area (Å²) in [4.78, 5) is 34.3. The van der Waals surface area contributed by atoms with Gasteiger partial charge in [0.1, 0.15) is 11.9 Å². The number of carboxylic acid groups (broad SMARTS) is 1. The summed E-state index contributed by atoms with van der Waals surface area (Å²) in [5, 5.41) is 16.0. The van der Waals surface area contributed by atoms with E-state index < -0.39 is 12.1 Å². The molecule has 0 radical (unpaired) electrons. The van der Waals surface area contributed by atoms with Crippen LogP contribution in [0.2, 0.25) is 0 Å². The monoisotopic (exact) mass is 461 g/mol. The van der Waals surface area contributed by atoms with Crippen molar-refractivity contribution in [3.8, 4) is 6.07 Å². The molecule has 1 N–H and O–H groups in total. The molecular weight excluding hydrogens is 439 g/mol. The van der Waals surface area contributed by atoms with E-state index in [2.05, 4.69) is 25.8 Å². The van der Waals surface area contributed by atoms with E-state index in [-0.39, 0.29) is 11.4 Å². The minimum atomic E-state index is -5.08. The lowest BCUT2D eigenvalue weighted by Gasteiger charge is -2.45. The van der Waals surface area contributed by atoms with Gasteiger partial charge in [-0.2, -0.15) is 18.4 Å². The van der Waals surface area contributed by atoms with Gasteiger partial charge in [0.05, 0.1) is 5.56 Å².